The van der Waals surface area contributed by atoms with E-state index in [2.05, 4.69) is 5.10 Å². The van der Waals surface area contributed by atoms with E-state index < -0.39 is 0 Å². The van der Waals surface area contributed by atoms with Crippen LogP contribution in [-0.2, 0) is 17.8 Å². The third kappa shape index (κ3) is 4.19. The summed E-state index contributed by atoms with van der Waals surface area (Å²) >= 11 is 5.88. The van der Waals surface area contributed by atoms with Crippen molar-refractivity contribution in [1.82, 2.24) is 14.7 Å². The van der Waals surface area contributed by atoms with Gasteiger partial charge in [0.05, 0.1) is 17.1 Å². The lowest BCUT2D eigenvalue weighted by molar-refractivity contribution is -0.129. The van der Waals surface area contributed by atoms with Crippen molar-refractivity contribution in [2.75, 3.05) is 7.05 Å². The molecule has 0 saturated heterocycles. The zero-order valence-electron chi connectivity index (χ0n) is 13.8. The van der Waals surface area contributed by atoms with Crippen molar-refractivity contribution in [3.05, 3.63) is 77.1 Å². The standard InChI is InChI=1S/C19H18ClN3O2/c1-22(19(25)12-15-5-8-18(24)17(20)11-15)13-14-3-6-16(7-4-14)23-10-2-9-21-23/h2-11,24H,12-13H2,1H3. The summed E-state index contributed by atoms with van der Waals surface area (Å²) in [6.45, 7) is 0.518. The van der Waals surface area contributed by atoms with Crippen molar-refractivity contribution in [2.24, 2.45) is 0 Å². The van der Waals surface area contributed by atoms with Gasteiger partial charge in [-0.2, -0.15) is 5.10 Å². The molecule has 5 nitrogen and oxygen atoms in total. The molecular formula is C19H18ClN3O2. The molecule has 0 fully saturated rings. The fourth-order valence-electron chi connectivity index (χ4n) is 2.51. The Kier molecular flexibility index (Phi) is 5.05. The summed E-state index contributed by atoms with van der Waals surface area (Å²) in [6, 6.07) is 14.6. The van der Waals surface area contributed by atoms with Crippen LogP contribution in [0.4, 0.5) is 0 Å². The van der Waals surface area contributed by atoms with Gasteiger partial charge in [0.1, 0.15) is 5.75 Å². The molecule has 3 rings (SSSR count). The van der Waals surface area contributed by atoms with Crippen LogP contribution in [-0.4, -0.2) is 32.7 Å². The highest BCUT2D eigenvalue weighted by Gasteiger charge is 2.11. The number of aromatic nitrogens is 2. The second kappa shape index (κ2) is 7.40. The molecule has 0 radical (unpaired) electrons. The molecule has 2 aromatic carbocycles. The van der Waals surface area contributed by atoms with Crippen molar-refractivity contribution in [1.29, 1.82) is 0 Å². The molecule has 6 heteroatoms. The summed E-state index contributed by atoms with van der Waals surface area (Å²) < 4.78 is 1.78. The zero-order chi connectivity index (χ0) is 17.8. The molecule has 1 heterocycles. The number of rotatable bonds is 5. The first kappa shape index (κ1) is 17.0. The van der Waals surface area contributed by atoms with E-state index in [4.69, 9.17) is 11.6 Å². The SMILES string of the molecule is CN(Cc1ccc(-n2cccn2)cc1)C(=O)Cc1ccc(O)c(Cl)c1. The average Bonchev–Trinajstić information content (AvgIpc) is 3.13. The summed E-state index contributed by atoms with van der Waals surface area (Å²) in [4.78, 5) is 14.0. The quantitative estimate of drug-likeness (QED) is 0.762. The van der Waals surface area contributed by atoms with Gasteiger partial charge in [-0.3, -0.25) is 4.79 Å². The van der Waals surface area contributed by atoms with Crippen molar-refractivity contribution >= 4 is 17.5 Å². The molecule has 0 bridgehead atoms. The molecule has 0 aliphatic rings. The Balaban J connectivity index is 1.62. The molecule has 1 amide bonds. The number of hydrogen-bond donors (Lipinski definition) is 1. The Labute approximate surface area is 151 Å². The fourth-order valence-corrected chi connectivity index (χ4v) is 2.71. The van der Waals surface area contributed by atoms with Gasteiger partial charge in [-0.05, 0) is 41.5 Å². The zero-order valence-corrected chi connectivity index (χ0v) is 14.5. The maximum Gasteiger partial charge on any atom is 0.227 e. The molecule has 0 spiro atoms. The van der Waals surface area contributed by atoms with Gasteiger partial charge >= 0.3 is 0 Å². The molecular weight excluding hydrogens is 338 g/mol. The highest BCUT2D eigenvalue weighted by atomic mass is 35.5. The number of aromatic hydroxyl groups is 1. The lowest BCUT2D eigenvalue weighted by atomic mass is 10.1. The maximum atomic E-state index is 12.4. The topological polar surface area (TPSA) is 58.4 Å². The number of nitrogens with zero attached hydrogens (tertiary/aromatic N) is 3. The van der Waals surface area contributed by atoms with E-state index >= 15 is 0 Å². The van der Waals surface area contributed by atoms with E-state index in [1.807, 2.05) is 36.5 Å². The van der Waals surface area contributed by atoms with Crippen LogP contribution < -0.4 is 0 Å². The number of hydrogen-bond acceptors (Lipinski definition) is 3. The van der Waals surface area contributed by atoms with Gasteiger partial charge in [-0.15, -0.1) is 0 Å². The highest BCUT2D eigenvalue weighted by Crippen LogP contribution is 2.24. The molecule has 0 aliphatic heterocycles. The number of carbonyl (C=O) groups excluding carboxylic acids is 1. The number of amides is 1. The Morgan fingerprint density at radius 3 is 2.56 bits per heavy atom. The number of benzene rings is 2. The van der Waals surface area contributed by atoms with Crippen LogP contribution in [0.25, 0.3) is 5.69 Å². The van der Waals surface area contributed by atoms with Crippen LogP contribution in [0.5, 0.6) is 5.75 Å². The van der Waals surface area contributed by atoms with E-state index in [0.29, 0.717) is 6.54 Å². The summed E-state index contributed by atoms with van der Waals surface area (Å²) in [5.41, 5.74) is 2.78. The van der Waals surface area contributed by atoms with Gasteiger partial charge < -0.3 is 10.0 Å². The molecule has 128 valence electrons. The van der Waals surface area contributed by atoms with Crippen LogP contribution in [0.15, 0.2) is 60.9 Å². The second-order valence-electron chi connectivity index (χ2n) is 5.83. The first-order valence-corrected chi connectivity index (χ1v) is 8.21. The summed E-state index contributed by atoms with van der Waals surface area (Å²) in [5, 5.41) is 13.9. The third-order valence-electron chi connectivity index (χ3n) is 3.92. The normalized spacial score (nSPS) is 10.6. The molecule has 0 aliphatic carbocycles. The fraction of sp³-hybridized carbons (Fsp3) is 0.158. The summed E-state index contributed by atoms with van der Waals surface area (Å²) in [5.74, 6) is 0.00130. The van der Waals surface area contributed by atoms with Gasteiger partial charge in [-0.25, -0.2) is 4.68 Å². The minimum Gasteiger partial charge on any atom is -0.506 e. The van der Waals surface area contributed by atoms with E-state index in [-0.39, 0.29) is 23.1 Å². The number of carbonyl (C=O) groups is 1. The molecule has 0 saturated carbocycles. The molecule has 0 atom stereocenters. The molecule has 3 aromatic rings. The van der Waals surface area contributed by atoms with Gasteiger partial charge in [0.2, 0.25) is 5.91 Å². The van der Waals surface area contributed by atoms with E-state index in [9.17, 15) is 9.90 Å². The number of phenolic OH excluding ortho intramolecular Hbond substituents is 1. The van der Waals surface area contributed by atoms with Gasteiger partial charge in [-0.1, -0.05) is 29.8 Å². The Morgan fingerprint density at radius 1 is 1.20 bits per heavy atom. The smallest absolute Gasteiger partial charge is 0.227 e. The van der Waals surface area contributed by atoms with Gasteiger partial charge in [0, 0.05) is 26.0 Å². The summed E-state index contributed by atoms with van der Waals surface area (Å²) in [7, 11) is 1.77. The Hall–Kier alpha value is -2.79. The minimum atomic E-state index is -0.0158. The second-order valence-corrected chi connectivity index (χ2v) is 6.24. The van der Waals surface area contributed by atoms with Crippen molar-refractivity contribution < 1.29 is 9.90 Å². The van der Waals surface area contributed by atoms with Crippen molar-refractivity contribution in [3.8, 4) is 11.4 Å². The predicted octanol–water partition coefficient (Wildman–Crippen LogP) is 3.43. The monoisotopic (exact) mass is 355 g/mol. The van der Waals surface area contributed by atoms with E-state index in [1.165, 1.54) is 6.07 Å². The van der Waals surface area contributed by atoms with Crippen LogP contribution in [0.3, 0.4) is 0 Å². The molecule has 1 N–H and O–H groups in total. The molecule has 0 unspecified atom stereocenters. The van der Waals surface area contributed by atoms with Crippen molar-refractivity contribution in [2.45, 2.75) is 13.0 Å². The first-order chi connectivity index (χ1) is 12.0. The maximum absolute atomic E-state index is 12.4. The largest absolute Gasteiger partial charge is 0.506 e. The average molecular weight is 356 g/mol. The number of halogens is 1. The Morgan fingerprint density at radius 2 is 1.92 bits per heavy atom. The lowest BCUT2D eigenvalue weighted by Crippen LogP contribution is -2.27. The van der Waals surface area contributed by atoms with Crippen LogP contribution >= 0.6 is 11.6 Å². The Bertz CT molecular complexity index is 861. The van der Waals surface area contributed by atoms with Crippen LogP contribution in [0.1, 0.15) is 11.1 Å². The molecule has 25 heavy (non-hydrogen) atoms. The van der Waals surface area contributed by atoms with Crippen LogP contribution in [0, 0.1) is 0 Å². The van der Waals surface area contributed by atoms with Crippen molar-refractivity contribution in [3.63, 3.8) is 0 Å². The number of phenols is 1. The minimum absolute atomic E-state index is 0.0158. The summed E-state index contributed by atoms with van der Waals surface area (Å²) in [6.07, 6.45) is 3.85. The first-order valence-electron chi connectivity index (χ1n) is 7.83. The number of likely N-dealkylation sites (N-methyl/N-ethyl adjacent to an activating group) is 1. The lowest BCUT2D eigenvalue weighted by Gasteiger charge is -2.18. The van der Waals surface area contributed by atoms with Gasteiger partial charge in [0.25, 0.3) is 0 Å². The molecule has 1 aromatic heterocycles. The highest BCUT2D eigenvalue weighted by molar-refractivity contribution is 6.32. The predicted molar refractivity (Wildman–Crippen MR) is 96.9 cm³/mol. The third-order valence-corrected chi connectivity index (χ3v) is 4.22. The van der Waals surface area contributed by atoms with Gasteiger partial charge in [0.15, 0.2) is 0 Å². The van der Waals surface area contributed by atoms with E-state index in [1.54, 1.807) is 35.0 Å². The van der Waals surface area contributed by atoms with Crippen LogP contribution in [0.2, 0.25) is 5.02 Å². The van der Waals surface area contributed by atoms with E-state index in [0.717, 1.165) is 16.8 Å².